The molecule has 0 spiro atoms. The van der Waals surface area contributed by atoms with Gasteiger partial charge in [0.15, 0.2) is 0 Å². The van der Waals surface area contributed by atoms with Gasteiger partial charge in [0.2, 0.25) is 0 Å². The second-order valence-corrected chi connectivity index (χ2v) is 7.66. The van der Waals surface area contributed by atoms with Crippen LogP contribution in [0.5, 0.6) is 0 Å². The van der Waals surface area contributed by atoms with Crippen LogP contribution in [0.3, 0.4) is 0 Å². The van der Waals surface area contributed by atoms with Crippen molar-refractivity contribution in [3.63, 3.8) is 0 Å². The molecule has 0 aromatic heterocycles. The van der Waals surface area contributed by atoms with E-state index in [4.69, 9.17) is 27.6 Å². The van der Waals surface area contributed by atoms with E-state index in [1.54, 1.807) is 7.05 Å². The molecule has 1 aliphatic heterocycles. The van der Waals surface area contributed by atoms with Gasteiger partial charge in [-0.1, -0.05) is 29.3 Å². The van der Waals surface area contributed by atoms with Crippen LogP contribution in [0.15, 0.2) is 51.9 Å². The van der Waals surface area contributed by atoms with Crippen LogP contribution in [0.2, 0.25) is 10.0 Å². The summed E-state index contributed by atoms with van der Waals surface area (Å²) in [6, 6.07) is 13.8. The van der Waals surface area contributed by atoms with Gasteiger partial charge in [-0.2, -0.15) is 0 Å². The molecule has 4 rings (SSSR count). The molecule has 0 radical (unpaired) electrons. The third kappa shape index (κ3) is 2.95. The molecule has 2 aromatic rings. The van der Waals surface area contributed by atoms with Gasteiger partial charge in [0.05, 0.1) is 5.36 Å². The average molecular weight is 411 g/mol. The molecule has 1 heterocycles. The maximum absolute atomic E-state index is 6.62. The lowest BCUT2D eigenvalue weighted by atomic mass is 9.91. The van der Waals surface area contributed by atoms with Crippen LogP contribution in [-0.2, 0) is 0 Å². The molecule has 0 fully saturated rings. The van der Waals surface area contributed by atoms with Gasteiger partial charge in [0.25, 0.3) is 0 Å². The van der Waals surface area contributed by atoms with Crippen molar-refractivity contribution >= 4 is 39.9 Å². The van der Waals surface area contributed by atoms with Crippen LogP contribution < -0.4 is 10.7 Å². The number of anilines is 1. The second-order valence-electron chi connectivity index (χ2n) is 6.85. The number of halogens is 2. The minimum absolute atomic E-state index is 0.610. The van der Waals surface area contributed by atoms with Gasteiger partial charge in [0, 0.05) is 64.0 Å². The van der Waals surface area contributed by atoms with E-state index in [-0.39, 0.29) is 0 Å². The van der Waals surface area contributed by atoms with Gasteiger partial charge in [-0.15, -0.1) is 0 Å². The zero-order valence-corrected chi connectivity index (χ0v) is 17.7. The van der Waals surface area contributed by atoms with E-state index < -0.39 is 0 Å². The fourth-order valence-corrected chi connectivity index (χ4v) is 4.29. The summed E-state index contributed by atoms with van der Waals surface area (Å²) in [5.41, 5.74) is 6.71. The summed E-state index contributed by atoms with van der Waals surface area (Å²) in [7, 11) is 3.68. The van der Waals surface area contributed by atoms with E-state index in [1.807, 2.05) is 44.3 Å². The summed E-state index contributed by atoms with van der Waals surface area (Å²) in [6.07, 6.45) is 0. The van der Waals surface area contributed by atoms with Crippen molar-refractivity contribution in [3.05, 3.63) is 69.0 Å². The molecule has 5 heteroatoms. The SMILES string of the molecule is CN=c1cc2oc3cc(NC)c(C)cc3c(-c3c(Cl)cccc3Cl)c-2cc1C. The number of aryl methyl sites for hydroxylation is 2. The van der Waals surface area contributed by atoms with E-state index in [1.165, 1.54) is 0 Å². The smallest absolute Gasteiger partial charge is 0.137 e. The molecule has 28 heavy (non-hydrogen) atoms. The number of benzene rings is 3. The Morgan fingerprint density at radius 1 is 0.929 bits per heavy atom. The first-order chi connectivity index (χ1) is 13.4. The number of rotatable bonds is 2. The van der Waals surface area contributed by atoms with Crippen molar-refractivity contribution < 1.29 is 4.42 Å². The highest BCUT2D eigenvalue weighted by Gasteiger charge is 2.22. The minimum atomic E-state index is 0.610. The summed E-state index contributed by atoms with van der Waals surface area (Å²) >= 11 is 13.2. The Kier molecular flexibility index (Phi) is 4.82. The Balaban J connectivity index is 2.27. The zero-order valence-electron chi connectivity index (χ0n) is 16.2. The number of hydrogen-bond acceptors (Lipinski definition) is 3. The fraction of sp³-hybridized carbons (Fsp3) is 0.174. The van der Waals surface area contributed by atoms with Gasteiger partial charge >= 0.3 is 0 Å². The number of nitrogens with zero attached hydrogens (tertiary/aromatic N) is 1. The maximum atomic E-state index is 6.62. The molecule has 1 aliphatic carbocycles. The lowest BCUT2D eigenvalue weighted by Gasteiger charge is -2.19. The molecule has 0 saturated carbocycles. The normalized spacial score (nSPS) is 12.1. The highest BCUT2D eigenvalue weighted by Crippen LogP contribution is 2.46. The van der Waals surface area contributed by atoms with Crippen LogP contribution >= 0.6 is 23.2 Å². The molecule has 2 aromatic carbocycles. The lowest BCUT2D eigenvalue weighted by molar-refractivity contribution is 0.618. The van der Waals surface area contributed by atoms with Gasteiger partial charge in [0.1, 0.15) is 11.3 Å². The average Bonchev–Trinajstić information content (AvgIpc) is 2.67. The molecule has 0 amide bonds. The summed E-state index contributed by atoms with van der Waals surface area (Å²) in [4.78, 5) is 4.36. The largest absolute Gasteiger partial charge is 0.456 e. The standard InChI is InChI=1S/C23H20Cl2N2O/c1-12-8-14-20(10-18(12)26-3)28-21-11-19(27-4)13(2)9-15(21)22(14)23-16(24)6-5-7-17(23)25/h5-11,26H,1-4H3. The fourth-order valence-electron chi connectivity index (χ4n) is 3.70. The Labute approximate surface area is 174 Å². The van der Waals surface area contributed by atoms with Crippen molar-refractivity contribution in [2.75, 3.05) is 19.4 Å². The molecule has 142 valence electrons. The summed E-state index contributed by atoms with van der Waals surface area (Å²) < 4.78 is 6.30. The second kappa shape index (κ2) is 7.16. The van der Waals surface area contributed by atoms with Crippen molar-refractivity contribution in [2.24, 2.45) is 4.99 Å². The first-order valence-corrected chi connectivity index (χ1v) is 9.77. The molecule has 3 nitrogen and oxygen atoms in total. The van der Waals surface area contributed by atoms with Crippen molar-refractivity contribution in [3.8, 4) is 22.5 Å². The number of hydrogen-bond donors (Lipinski definition) is 1. The van der Waals surface area contributed by atoms with Crippen molar-refractivity contribution in [1.29, 1.82) is 0 Å². The van der Waals surface area contributed by atoms with Crippen LogP contribution in [0.1, 0.15) is 11.1 Å². The highest BCUT2D eigenvalue weighted by molar-refractivity contribution is 6.40. The minimum Gasteiger partial charge on any atom is -0.456 e. The van der Waals surface area contributed by atoms with Crippen LogP contribution in [0, 0.1) is 13.8 Å². The summed E-state index contributed by atoms with van der Waals surface area (Å²) in [6.45, 7) is 4.11. The molecule has 1 N–H and O–H groups in total. The van der Waals surface area contributed by atoms with Crippen molar-refractivity contribution in [2.45, 2.75) is 13.8 Å². The predicted molar refractivity (Wildman–Crippen MR) is 119 cm³/mol. The predicted octanol–water partition coefficient (Wildman–Crippen LogP) is 6.70. The van der Waals surface area contributed by atoms with E-state index in [0.717, 1.165) is 55.6 Å². The molecule has 2 aliphatic rings. The summed E-state index contributed by atoms with van der Waals surface area (Å²) in [5, 5.41) is 6.31. The van der Waals surface area contributed by atoms with Crippen LogP contribution in [0.4, 0.5) is 5.69 Å². The Hall–Kier alpha value is -2.49. The number of fused-ring (bicyclic) bond motifs is 2. The molecule has 0 bridgehead atoms. The zero-order chi connectivity index (χ0) is 20.0. The van der Waals surface area contributed by atoms with Gasteiger partial charge in [-0.05, 0) is 49.2 Å². The lowest BCUT2D eigenvalue weighted by Crippen LogP contribution is -2.08. The van der Waals surface area contributed by atoms with E-state index in [0.29, 0.717) is 10.0 Å². The molecule has 0 atom stereocenters. The quantitative estimate of drug-likeness (QED) is 0.373. The Bertz CT molecular complexity index is 1240. The van der Waals surface area contributed by atoms with E-state index >= 15 is 0 Å². The van der Waals surface area contributed by atoms with Crippen LogP contribution in [-0.4, -0.2) is 14.1 Å². The van der Waals surface area contributed by atoms with E-state index in [2.05, 4.69) is 29.4 Å². The first kappa shape index (κ1) is 18.9. The number of nitrogens with one attached hydrogen (secondary N) is 1. The topological polar surface area (TPSA) is 37.5 Å². The molecular formula is C23H20Cl2N2O. The highest BCUT2D eigenvalue weighted by atomic mass is 35.5. The van der Waals surface area contributed by atoms with Crippen LogP contribution in [0.25, 0.3) is 33.4 Å². The van der Waals surface area contributed by atoms with Gasteiger partial charge in [-0.25, -0.2) is 0 Å². The molecule has 0 unspecified atom stereocenters. The third-order valence-corrected chi connectivity index (χ3v) is 5.74. The van der Waals surface area contributed by atoms with E-state index in [9.17, 15) is 0 Å². The summed E-state index contributed by atoms with van der Waals surface area (Å²) in [5.74, 6) is 0.746. The Morgan fingerprint density at radius 2 is 1.64 bits per heavy atom. The maximum Gasteiger partial charge on any atom is 0.137 e. The monoisotopic (exact) mass is 410 g/mol. The first-order valence-electron chi connectivity index (χ1n) is 9.01. The third-order valence-electron chi connectivity index (χ3n) is 5.11. The van der Waals surface area contributed by atoms with Gasteiger partial charge < -0.3 is 9.73 Å². The molecular weight excluding hydrogens is 391 g/mol. The van der Waals surface area contributed by atoms with Crippen molar-refractivity contribution in [1.82, 2.24) is 0 Å². The Morgan fingerprint density at radius 3 is 2.29 bits per heavy atom. The van der Waals surface area contributed by atoms with Gasteiger partial charge in [-0.3, -0.25) is 4.99 Å². The molecule has 0 saturated heterocycles.